The highest BCUT2D eigenvalue weighted by molar-refractivity contribution is 6.00. The molecule has 6 heteroatoms. The number of para-hydroxylation sites is 2. The van der Waals surface area contributed by atoms with Crippen LogP contribution in [-0.2, 0) is 4.79 Å². The number of fused-ring (bicyclic) bond motifs is 4. The van der Waals surface area contributed by atoms with Gasteiger partial charge in [-0.05, 0) is 60.2 Å². The monoisotopic (exact) mass is 465 g/mol. The predicted molar refractivity (Wildman–Crippen MR) is 136 cm³/mol. The average molecular weight is 466 g/mol. The number of carbonyl (C=O) groups excluding carboxylic acids is 1. The van der Waals surface area contributed by atoms with Crippen molar-refractivity contribution in [3.8, 4) is 11.5 Å². The molecule has 2 heterocycles. The lowest BCUT2D eigenvalue weighted by atomic mass is 9.76. The maximum absolute atomic E-state index is 12.7. The van der Waals surface area contributed by atoms with Crippen LogP contribution < -0.4 is 20.2 Å². The van der Waals surface area contributed by atoms with Crippen LogP contribution in [0.4, 0.5) is 5.69 Å². The highest BCUT2D eigenvalue weighted by Crippen LogP contribution is 2.49. The number of ether oxygens (including phenoxy) is 2. The molecule has 3 aliphatic rings. The van der Waals surface area contributed by atoms with Gasteiger partial charge in [0.1, 0.15) is 6.61 Å². The number of amides is 1. The summed E-state index contributed by atoms with van der Waals surface area (Å²) in [5.41, 5.74) is 8.11. The molecule has 6 nitrogen and oxygen atoms in total. The summed E-state index contributed by atoms with van der Waals surface area (Å²) in [6, 6.07) is 24.6. The van der Waals surface area contributed by atoms with Crippen LogP contribution in [0.25, 0.3) is 0 Å². The molecule has 0 radical (unpaired) electrons. The predicted octanol–water partition coefficient (Wildman–Crippen LogP) is 5.19. The molecule has 176 valence electrons. The summed E-state index contributed by atoms with van der Waals surface area (Å²) in [6.07, 6.45) is 4.93. The Morgan fingerprint density at radius 1 is 1.03 bits per heavy atom. The van der Waals surface area contributed by atoms with Gasteiger partial charge in [0, 0.05) is 11.6 Å². The van der Waals surface area contributed by atoms with Gasteiger partial charge in [0.2, 0.25) is 6.10 Å². The summed E-state index contributed by atoms with van der Waals surface area (Å²) in [5.74, 6) is 1.71. The van der Waals surface area contributed by atoms with Crippen molar-refractivity contribution in [2.45, 2.75) is 31.4 Å². The Kier molecular flexibility index (Phi) is 5.49. The largest absolute Gasteiger partial charge is 0.485 e. The Hall–Kier alpha value is -4.06. The third kappa shape index (κ3) is 4.05. The van der Waals surface area contributed by atoms with Crippen molar-refractivity contribution >= 4 is 17.3 Å². The van der Waals surface area contributed by atoms with Crippen molar-refractivity contribution < 1.29 is 14.3 Å². The lowest BCUT2D eigenvalue weighted by Gasteiger charge is -2.37. The van der Waals surface area contributed by atoms with E-state index < -0.39 is 6.10 Å². The van der Waals surface area contributed by atoms with Crippen molar-refractivity contribution in [1.82, 2.24) is 5.43 Å². The van der Waals surface area contributed by atoms with Gasteiger partial charge in [0.25, 0.3) is 5.91 Å². The molecule has 6 rings (SSSR count). The third-order valence-corrected chi connectivity index (χ3v) is 7.07. The number of nitrogens with zero attached hydrogens (tertiary/aromatic N) is 1. The smallest absolute Gasteiger partial charge is 0.284 e. The van der Waals surface area contributed by atoms with Crippen molar-refractivity contribution in [2.24, 2.45) is 11.0 Å². The minimum atomic E-state index is -0.742. The molecule has 35 heavy (non-hydrogen) atoms. The van der Waals surface area contributed by atoms with Crippen LogP contribution in [0.2, 0.25) is 0 Å². The molecule has 2 N–H and O–H groups in total. The summed E-state index contributed by atoms with van der Waals surface area (Å²) in [4.78, 5) is 12.7. The number of hydrazone groups is 1. The molecule has 0 saturated carbocycles. The Bertz CT molecular complexity index is 1320. The van der Waals surface area contributed by atoms with Gasteiger partial charge in [-0.2, -0.15) is 5.10 Å². The second kappa shape index (κ2) is 8.95. The van der Waals surface area contributed by atoms with Crippen LogP contribution in [0, 0.1) is 5.92 Å². The zero-order chi connectivity index (χ0) is 23.8. The van der Waals surface area contributed by atoms with E-state index in [0.29, 0.717) is 23.3 Å². The van der Waals surface area contributed by atoms with Gasteiger partial charge in [-0.15, -0.1) is 0 Å². The molecule has 0 fully saturated rings. The number of anilines is 1. The van der Waals surface area contributed by atoms with E-state index in [-0.39, 0.29) is 18.6 Å². The van der Waals surface area contributed by atoms with Gasteiger partial charge in [-0.25, -0.2) is 5.43 Å². The highest BCUT2D eigenvalue weighted by atomic mass is 16.6. The highest BCUT2D eigenvalue weighted by Gasteiger charge is 2.38. The molecule has 0 saturated heterocycles. The second-order valence-electron chi connectivity index (χ2n) is 9.23. The summed E-state index contributed by atoms with van der Waals surface area (Å²) in [5, 5.41) is 8.14. The summed E-state index contributed by atoms with van der Waals surface area (Å²) in [6.45, 7) is 2.06. The lowest BCUT2D eigenvalue weighted by molar-refractivity contribution is -0.130. The Balaban J connectivity index is 1.19. The standard InChI is InChI=1S/C29H27N3O3/c1-18(31-32-29(33)27-17-34-25-12-5-6-13-26(25)35-27)20-14-15-24-23(16-20)21-10-7-11-22(21)28(30-24)19-8-3-2-4-9-19/h2-10,12-16,21-22,27-28,30H,11,17H2,1H3,(H,32,33)/b31-18-/t21-,22+,27+,28-/m1/s1. The molecule has 2 aliphatic heterocycles. The number of hydrogen-bond donors (Lipinski definition) is 2. The number of nitrogens with one attached hydrogen (secondary N) is 2. The van der Waals surface area contributed by atoms with Crippen LogP contribution in [0.3, 0.4) is 0 Å². The summed E-state index contributed by atoms with van der Waals surface area (Å²) >= 11 is 0. The molecular weight excluding hydrogens is 438 g/mol. The van der Waals surface area contributed by atoms with Gasteiger partial charge in [0.05, 0.1) is 11.8 Å². The second-order valence-corrected chi connectivity index (χ2v) is 9.23. The first-order valence-corrected chi connectivity index (χ1v) is 12.0. The fraction of sp³-hybridized carbons (Fsp3) is 0.241. The third-order valence-electron chi connectivity index (χ3n) is 7.07. The molecular formula is C29H27N3O3. The molecule has 1 aliphatic carbocycles. The van der Waals surface area contributed by atoms with Gasteiger partial charge in [-0.1, -0.05) is 60.7 Å². The SMILES string of the molecule is C/C(=N/NC(=O)[C@@H]1COc2ccccc2O1)c1ccc2c(c1)[C@@H]1C=CC[C@@H]1[C@@H](c1ccccc1)N2. The van der Waals surface area contributed by atoms with E-state index in [2.05, 4.69) is 70.5 Å². The number of rotatable bonds is 4. The normalized spacial score (nSPS) is 24.2. The van der Waals surface area contributed by atoms with Gasteiger partial charge in [-0.3, -0.25) is 4.79 Å². The van der Waals surface area contributed by atoms with E-state index in [1.165, 1.54) is 11.1 Å². The van der Waals surface area contributed by atoms with E-state index in [1.807, 2.05) is 31.2 Å². The van der Waals surface area contributed by atoms with E-state index in [9.17, 15) is 4.79 Å². The quantitative estimate of drug-likeness (QED) is 0.316. The van der Waals surface area contributed by atoms with Gasteiger partial charge >= 0.3 is 0 Å². The molecule has 0 unspecified atom stereocenters. The van der Waals surface area contributed by atoms with Crippen LogP contribution >= 0.6 is 0 Å². The van der Waals surface area contributed by atoms with Crippen molar-refractivity contribution in [3.05, 3.63) is 102 Å². The Labute approximate surface area is 204 Å². The average Bonchev–Trinajstić information content (AvgIpc) is 3.41. The Morgan fingerprint density at radius 3 is 2.69 bits per heavy atom. The van der Waals surface area contributed by atoms with Gasteiger partial charge in [0.15, 0.2) is 11.5 Å². The number of allylic oxidation sites excluding steroid dienone is 2. The molecule has 3 aromatic carbocycles. The van der Waals surface area contributed by atoms with Crippen molar-refractivity contribution in [3.63, 3.8) is 0 Å². The summed E-state index contributed by atoms with van der Waals surface area (Å²) < 4.78 is 11.4. The first-order valence-electron chi connectivity index (χ1n) is 12.0. The summed E-state index contributed by atoms with van der Waals surface area (Å²) in [7, 11) is 0. The fourth-order valence-corrected chi connectivity index (χ4v) is 5.23. The molecule has 4 atom stereocenters. The van der Waals surface area contributed by atoms with Crippen LogP contribution in [0.5, 0.6) is 11.5 Å². The minimum absolute atomic E-state index is 0.153. The molecule has 1 amide bonds. The van der Waals surface area contributed by atoms with Crippen molar-refractivity contribution in [1.29, 1.82) is 0 Å². The van der Waals surface area contributed by atoms with E-state index in [4.69, 9.17) is 9.47 Å². The van der Waals surface area contributed by atoms with E-state index in [0.717, 1.165) is 23.4 Å². The maximum Gasteiger partial charge on any atom is 0.284 e. The van der Waals surface area contributed by atoms with Crippen molar-refractivity contribution in [2.75, 3.05) is 11.9 Å². The number of hydrogen-bond acceptors (Lipinski definition) is 5. The first-order chi connectivity index (χ1) is 17.2. The number of carbonyl (C=O) groups is 1. The molecule has 0 bridgehead atoms. The number of benzene rings is 3. The first kappa shape index (κ1) is 21.5. The maximum atomic E-state index is 12.7. The lowest BCUT2D eigenvalue weighted by Crippen LogP contribution is -2.42. The van der Waals surface area contributed by atoms with E-state index in [1.54, 1.807) is 6.07 Å². The Morgan fingerprint density at radius 2 is 1.83 bits per heavy atom. The zero-order valence-corrected chi connectivity index (χ0v) is 19.5. The fourth-order valence-electron chi connectivity index (χ4n) is 5.23. The molecule has 3 aromatic rings. The molecule has 0 aromatic heterocycles. The van der Waals surface area contributed by atoms with Gasteiger partial charge < -0.3 is 14.8 Å². The topological polar surface area (TPSA) is 72.0 Å². The van der Waals surface area contributed by atoms with Crippen LogP contribution in [0.15, 0.2) is 90.0 Å². The van der Waals surface area contributed by atoms with Crippen LogP contribution in [0.1, 0.15) is 42.0 Å². The molecule has 0 spiro atoms. The van der Waals surface area contributed by atoms with Crippen LogP contribution in [-0.4, -0.2) is 24.3 Å². The zero-order valence-electron chi connectivity index (χ0n) is 19.5. The minimum Gasteiger partial charge on any atom is -0.485 e. The van der Waals surface area contributed by atoms with E-state index >= 15 is 0 Å².